The lowest BCUT2D eigenvalue weighted by Gasteiger charge is -2.08. The number of ether oxygens (including phenoxy) is 2. The Morgan fingerprint density at radius 3 is 2.55 bits per heavy atom. The molecule has 0 bridgehead atoms. The van der Waals surface area contributed by atoms with E-state index < -0.39 is 5.97 Å². The Bertz CT molecular complexity index is 587. The van der Waals surface area contributed by atoms with Crippen molar-refractivity contribution in [3.8, 4) is 5.75 Å². The largest absolute Gasteiger partial charge is 0.490 e. The van der Waals surface area contributed by atoms with E-state index in [0.29, 0.717) is 5.69 Å². The fourth-order valence-electron chi connectivity index (χ4n) is 1.60. The summed E-state index contributed by atoms with van der Waals surface area (Å²) in [5.74, 6) is 0.212. The number of esters is 1. The van der Waals surface area contributed by atoms with Crippen molar-refractivity contribution >= 4 is 23.3 Å². The molecule has 0 aliphatic heterocycles. The highest BCUT2D eigenvalue weighted by molar-refractivity contribution is 6.36. The van der Waals surface area contributed by atoms with E-state index in [0.717, 1.165) is 5.75 Å². The maximum atomic E-state index is 11.8. The van der Waals surface area contributed by atoms with Gasteiger partial charge in [0.05, 0.1) is 16.3 Å². The molecule has 2 rings (SSSR count). The van der Waals surface area contributed by atoms with Crippen molar-refractivity contribution in [2.45, 2.75) is 0 Å². The van der Waals surface area contributed by atoms with Gasteiger partial charge in [-0.05, 0) is 24.3 Å². The first kappa shape index (κ1) is 14.2. The van der Waals surface area contributed by atoms with Crippen LogP contribution in [0.3, 0.4) is 0 Å². The van der Waals surface area contributed by atoms with Gasteiger partial charge in [0.25, 0.3) is 0 Å². The van der Waals surface area contributed by atoms with Crippen LogP contribution in [0.25, 0.3) is 0 Å². The minimum absolute atomic E-state index is 0.138. The molecule has 0 saturated heterocycles. The standard InChI is InChI=1S/C15H14ClNO3/c16-14-12(7-4-8-13(14)17)15(18)20-10-9-19-11-5-2-1-3-6-11/h1-8H,9-10,17H2. The van der Waals surface area contributed by atoms with Gasteiger partial charge in [0, 0.05) is 0 Å². The summed E-state index contributed by atoms with van der Waals surface area (Å²) in [6, 6.07) is 14.1. The minimum atomic E-state index is -0.515. The van der Waals surface area contributed by atoms with E-state index in [-0.39, 0.29) is 23.8 Å². The van der Waals surface area contributed by atoms with Crippen LogP contribution < -0.4 is 10.5 Å². The third kappa shape index (κ3) is 3.65. The van der Waals surface area contributed by atoms with E-state index in [2.05, 4.69) is 0 Å². The number of hydrogen-bond acceptors (Lipinski definition) is 4. The highest BCUT2D eigenvalue weighted by atomic mass is 35.5. The van der Waals surface area contributed by atoms with E-state index >= 15 is 0 Å². The summed E-state index contributed by atoms with van der Waals surface area (Å²) in [5, 5.41) is 0.210. The average Bonchev–Trinajstić information content (AvgIpc) is 2.47. The second-order valence-corrected chi connectivity index (χ2v) is 4.38. The molecule has 0 aliphatic carbocycles. The molecule has 20 heavy (non-hydrogen) atoms. The van der Waals surface area contributed by atoms with Gasteiger partial charge in [-0.1, -0.05) is 35.9 Å². The van der Waals surface area contributed by atoms with Crippen molar-refractivity contribution in [3.63, 3.8) is 0 Å². The number of hydrogen-bond donors (Lipinski definition) is 1. The molecule has 104 valence electrons. The number of nitrogens with two attached hydrogens (primary N) is 1. The summed E-state index contributed by atoms with van der Waals surface area (Å²) in [7, 11) is 0. The van der Waals surface area contributed by atoms with Crippen LogP contribution in [0.5, 0.6) is 5.75 Å². The van der Waals surface area contributed by atoms with Crippen LogP contribution in [0.1, 0.15) is 10.4 Å². The molecule has 5 heteroatoms. The predicted molar refractivity (Wildman–Crippen MR) is 78.1 cm³/mol. The number of carbonyl (C=O) groups excluding carboxylic acids is 1. The van der Waals surface area contributed by atoms with Crippen LogP contribution in [-0.4, -0.2) is 19.2 Å². The lowest BCUT2D eigenvalue weighted by Crippen LogP contribution is -2.13. The van der Waals surface area contributed by atoms with Gasteiger partial charge in [-0.2, -0.15) is 0 Å². The molecule has 0 radical (unpaired) electrons. The summed E-state index contributed by atoms with van der Waals surface area (Å²) >= 11 is 5.94. The number of anilines is 1. The molecule has 0 fully saturated rings. The Labute approximate surface area is 122 Å². The van der Waals surface area contributed by atoms with E-state index in [1.54, 1.807) is 18.2 Å². The molecule has 2 aromatic rings. The molecular weight excluding hydrogens is 278 g/mol. The van der Waals surface area contributed by atoms with Crippen molar-refractivity contribution in [3.05, 3.63) is 59.1 Å². The average molecular weight is 292 g/mol. The molecule has 4 nitrogen and oxygen atoms in total. The van der Waals surface area contributed by atoms with Crippen LogP contribution in [-0.2, 0) is 4.74 Å². The Kier molecular flexibility index (Phi) is 4.85. The molecule has 0 unspecified atom stereocenters. The van der Waals surface area contributed by atoms with E-state index in [1.807, 2.05) is 30.3 Å². The fourth-order valence-corrected chi connectivity index (χ4v) is 1.80. The Hall–Kier alpha value is -2.20. The molecule has 0 atom stereocenters. The van der Waals surface area contributed by atoms with Gasteiger partial charge in [0.15, 0.2) is 0 Å². The first-order valence-electron chi connectivity index (χ1n) is 6.07. The van der Waals surface area contributed by atoms with Gasteiger partial charge in [-0.15, -0.1) is 0 Å². The number of rotatable bonds is 5. The highest BCUT2D eigenvalue weighted by Gasteiger charge is 2.13. The quantitative estimate of drug-likeness (QED) is 0.522. The number of nitrogen functional groups attached to an aromatic ring is 1. The molecule has 0 aliphatic rings. The maximum absolute atomic E-state index is 11.8. The number of halogens is 1. The summed E-state index contributed by atoms with van der Waals surface area (Å²) in [5.41, 5.74) is 6.23. The number of benzene rings is 2. The summed E-state index contributed by atoms with van der Waals surface area (Å²) in [4.78, 5) is 11.8. The zero-order valence-electron chi connectivity index (χ0n) is 10.7. The topological polar surface area (TPSA) is 61.6 Å². The molecule has 0 spiro atoms. The first-order valence-corrected chi connectivity index (χ1v) is 6.45. The molecule has 0 aromatic heterocycles. The second-order valence-electron chi connectivity index (χ2n) is 4.01. The molecule has 0 saturated carbocycles. The Balaban J connectivity index is 1.82. The van der Waals surface area contributed by atoms with E-state index in [1.165, 1.54) is 0 Å². The Morgan fingerprint density at radius 2 is 1.80 bits per heavy atom. The third-order valence-corrected chi connectivity index (χ3v) is 3.00. The predicted octanol–water partition coefficient (Wildman–Crippen LogP) is 3.16. The van der Waals surface area contributed by atoms with Crippen molar-refractivity contribution < 1.29 is 14.3 Å². The van der Waals surface area contributed by atoms with Crippen molar-refractivity contribution in [1.82, 2.24) is 0 Å². The van der Waals surface area contributed by atoms with Gasteiger partial charge >= 0.3 is 5.97 Å². The molecule has 0 heterocycles. The highest BCUT2D eigenvalue weighted by Crippen LogP contribution is 2.23. The molecule has 0 amide bonds. The molecule has 2 N–H and O–H groups in total. The summed E-state index contributed by atoms with van der Waals surface area (Å²) in [6.07, 6.45) is 0. The maximum Gasteiger partial charge on any atom is 0.339 e. The SMILES string of the molecule is Nc1cccc(C(=O)OCCOc2ccccc2)c1Cl. The van der Waals surface area contributed by atoms with Crippen molar-refractivity contribution in [2.75, 3.05) is 18.9 Å². The van der Waals surface area contributed by atoms with Crippen LogP contribution in [0.15, 0.2) is 48.5 Å². The third-order valence-electron chi connectivity index (χ3n) is 2.58. The summed E-state index contributed by atoms with van der Waals surface area (Å²) < 4.78 is 10.5. The van der Waals surface area contributed by atoms with E-state index in [9.17, 15) is 4.79 Å². The van der Waals surface area contributed by atoms with Gasteiger partial charge in [-0.3, -0.25) is 0 Å². The molecule has 2 aromatic carbocycles. The van der Waals surface area contributed by atoms with Gasteiger partial charge in [-0.25, -0.2) is 4.79 Å². The number of para-hydroxylation sites is 1. The summed E-state index contributed by atoms with van der Waals surface area (Å²) in [6.45, 7) is 0.411. The zero-order chi connectivity index (χ0) is 14.4. The fraction of sp³-hybridized carbons (Fsp3) is 0.133. The lowest BCUT2D eigenvalue weighted by molar-refractivity contribution is 0.0450. The van der Waals surface area contributed by atoms with Crippen molar-refractivity contribution in [1.29, 1.82) is 0 Å². The van der Waals surface area contributed by atoms with Crippen LogP contribution in [0.4, 0.5) is 5.69 Å². The van der Waals surface area contributed by atoms with Gasteiger partial charge in [0.2, 0.25) is 0 Å². The normalized spacial score (nSPS) is 10.1. The smallest absolute Gasteiger partial charge is 0.339 e. The monoisotopic (exact) mass is 291 g/mol. The van der Waals surface area contributed by atoms with Crippen molar-refractivity contribution in [2.24, 2.45) is 0 Å². The first-order chi connectivity index (χ1) is 9.68. The zero-order valence-corrected chi connectivity index (χ0v) is 11.5. The second kappa shape index (κ2) is 6.82. The van der Waals surface area contributed by atoms with Gasteiger partial charge in [0.1, 0.15) is 19.0 Å². The van der Waals surface area contributed by atoms with E-state index in [4.69, 9.17) is 26.8 Å². The van der Waals surface area contributed by atoms with Crippen LogP contribution in [0.2, 0.25) is 5.02 Å². The molecular formula is C15H14ClNO3. The van der Waals surface area contributed by atoms with Crippen LogP contribution >= 0.6 is 11.6 Å². The van der Waals surface area contributed by atoms with Crippen LogP contribution in [0, 0.1) is 0 Å². The van der Waals surface area contributed by atoms with Gasteiger partial charge < -0.3 is 15.2 Å². The Morgan fingerprint density at radius 1 is 1.05 bits per heavy atom. The number of carbonyl (C=O) groups is 1. The minimum Gasteiger partial charge on any atom is -0.490 e. The lowest BCUT2D eigenvalue weighted by atomic mass is 10.2.